The van der Waals surface area contributed by atoms with Crippen molar-refractivity contribution in [2.24, 2.45) is 23.2 Å². The van der Waals surface area contributed by atoms with Gasteiger partial charge < -0.3 is 9.47 Å². The van der Waals surface area contributed by atoms with Crippen LogP contribution in [-0.2, 0) is 14.3 Å². The summed E-state index contributed by atoms with van der Waals surface area (Å²) in [4.78, 5) is 11.9. The Morgan fingerprint density at radius 3 is 2.54 bits per heavy atom. The fourth-order valence-electron chi connectivity index (χ4n) is 7.92. The SMILES string of the molecule is COC1(OC2CCC3C4CCC5=C(CCC(=O)C5)C4CCC23C)CCCCC1. The van der Waals surface area contributed by atoms with Gasteiger partial charge in [0.2, 0.25) is 0 Å². The highest BCUT2D eigenvalue weighted by Crippen LogP contribution is 2.62. The maximum atomic E-state index is 11.9. The van der Waals surface area contributed by atoms with Gasteiger partial charge >= 0.3 is 0 Å². The molecule has 5 aliphatic carbocycles. The first-order valence-electron chi connectivity index (χ1n) is 12.0. The van der Waals surface area contributed by atoms with E-state index in [1.54, 1.807) is 5.57 Å². The molecule has 156 valence electrons. The van der Waals surface area contributed by atoms with E-state index >= 15 is 0 Å². The molecule has 0 aromatic rings. The third-order valence-electron chi connectivity index (χ3n) is 9.46. The number of rotatable bonds is 3. The number of hydrogen-bond acceptors (Lipinski definition) is 3. The second-order valence-electron chi connectivity index (χ2n) is 10.7. The Hall–Kier alpha value is -0.670. The largest absolute Gasteiger partial charge is 0.353 e. The molecule has 0 radical (unpaired) electrons. The summed E-state index contributed by atoms with van der Waals surface area (Å²) >= 11 is 0. The monoisotopic (exact) mass is 386 g/mol. The molecule has 5 rings (SSSR count). The van der Waals surface area contributed by atoms with Gasteiger partial charge in [-0.3, -0.25) is 4.79 Å². The Labute approximate surface area is 170 Å². The van der Waals surface area contributed by atoms with Crippen molar-refractivity contribution in [3.63, 3.8) is 0 Å². The molecule has 0 aromatic heterocycles. The topological polar surface area (TPSA) is 35.5 Å². The van der Waals surface area contributed by atoms with E-state index in [1.165, 1.54) is 63.4 Å². The zero-order chi connectivity index (χ0) is 19.4. The zero-order valence-electron chi connectivity index (χ0n) is 17.9. The first kappa shape index (κ1) is 19.3. The van der Waals surface area contributed by atoms with Crippen molar-refractivity contribution in [2.45, 2.75) is 109 Å². The van der Waals surface area contributed by atoms with E-state index in [1.807, 2.05) is 7.11 Å². The molecule has 0 spiro atoms. The van der Waals surface area contributed by atoms with E-state index in [2.05, 4.69) is 6.92 Å². The highest BCUT2D eigenvalue weighted by Gasteiger charge is 2.57. The van der Waals surface area contributed by atoms with Crippen LogP contribution in [0.4, 0.5) is 0 Å². The molecule has 0 amide bonds. The van der Waals surface area contributed by atoms with E-state index in [9.17, 15) is 4.79 Å². The highest BCUT2D eigenvalue weighted by molar-refractivity contribution is 5.82. The Morgan fingerprint density at radius 1 is 0.929 bits per heavy atom. The van der Waals surface area contributed by atoms with Crippen LogP contribution in [0.25, 0.3) is 0 Å². The first-order chi connectivity index (χ1) is 13.5. The van der Waals surface area contributed by atoms with Crippen molar-refractivity contribution in [1.29, 1.82) is 0 Å². The molecule has 0 N–H and O–H groups in total. The minimum atomic E-state index is -0.316. The third kappa shape index (κ3) is 3.03. The zero-order valence-corrected chi connectivity index (χ0v) is 17.9. The number of carbonyl (C=O) groups is 1. The van der Waals surface area contributed by atoms with Crippen LogP contribution in [0.3, 0.4) is 0 Å². The number of allylic oxidation sites excluding steroid dienone is 2. The second-order valence-corrected chi connectivity index (χ2v) is 10.7. The van der Waals surface area contributed by atoms with Crippen LogP contribution in [0.15, 0.2) is 11.1 Å². The average molecular weight is 387 g/mol. The average Bonchev–Trinajstić information content (AvgIpc) is 3.04. The Balaban J connectivity index is 1.35. The van der Waals surface area contributed by atoms with Gasteiger partial charge in [-0.1, -0.05) is 24.5 Å². The molecular formula is C25H38O3. The van der Waals surface area contributed by atoms with Gasteiger partial charge in [-0.05, 0) is 81.0 Å². The standard InChI is InChI=1S/C25H38O3/c1-24-15-12-20-19-9-7-18(26)16-17(19)6-8-21(20)22(24)10-11-23(24)28-25(27-2)13-4-3-5-14-25/h20-23H,3-16H2,1-2H3. The van der Waals surface area contributed by atoms with Crippen LogP contribution in [0.5, 0.6) is 0 Å². The molecule has 3 heteroatoms. The van der Waals surface area contributed by atoms with E-state index in [4.69, 9.17) is 9.47 Å². The van der Waals surface area contributed by atoms with Crippen LogP contribution in [0.2, 0.25) is 0 Å². The molecule has 3 nitrogen and oxygen atoms in total. The van der Waals surface area contributed by atoms with E-state index < -0.39 is 0 Å². The van der Waals surface area contributed by atoms with Crippen molar-refractivity contribution < 1.29 is 14.3 Å². The molecule has 5 aliphatic rings. The number of Topliss-reactive ketones (excluding diaryl/α,β-unsaturated/α-hetero) is 1. The summed E-state index contributed by atoms with van der Waals surface area (Å²) in [6, 6.07) is 0. The van der Waals surface area contributed by atoms with Crippen molar-refractivity contribution in [3.8, 4) is 0 Å². The van der Waals surface area contributed by atoms with Gasteiger partial charge in [0.15, 0.2) is 5.79 Å². The van der Waals surface area contributed by atoms with Crippen LogP contribution >= 0.6 is 0 Å². The second kappa shape index (κ2) is 7.23. The number of hydrogen-bond donors (Lipinski definition) is 0. The molecule has 0 bridgehead atoms. The first-order valence-corrected chi connectivity index (χ1v) is 12.0. The summed E-state index contributed by atoms with van der Waals surface area (Å²) in [5.74, 6) is 2.54. The van der Waals surface area contributed by atoms with Crippen LogP contribution in [0, 0.1) is 23.2 Å². The van der Waals surface area contributed by atoms with Crippen molar-refractivity contribution in [2.75, 3.05) is 7.11 Å². The van der Waals surface area contributed by atoms with Crippen LogP contribution in [0.1, 0.15) is 96.8 Å². The summed E-state index contributed by atoms with van der Waals surface area (Å²) in [7, 11) is 1.86. The van der Waals surface area contributed by atoms with Crippen LogP contribution < -0.4 is 0 Å². The van der Waals surface area contributed by atoms with Gasteiger partial charge in [-0.2, -0.15) is 0 Å². The molecule has 28 heavy (non-hydrogen) atoms. The predicted octanol–water partition coefficient (Wildman–Crippen LogP) is 5.96. The lowest BCUT2D eigenvalue weighted by Gasteiger charge is -2.53. The Kier molecular flexibility index (Phi) is 4.99. The summed E-state index contributed by atoms with van der Waals surface area (Å²) in [5.41, 5.74) is 3.56. The van der Waals surface area contributed by atoms with E-state index in [0.29, 0.717) is 17.3 Å². The minimum absolute atomic E-state index is 0.312. The molecular weight excluding hydrogens is 348 g/mol. The normalized spacial score (nSPS) is 42.7. The number of ether oxygens (including phenoxy) is 2. The molecule has 0 aromatic carbocycles. The lowest BCUT2D eigenvalue weighted by Crippen LogP contribution is -2.49. The number of ketones is 1. The van der Waals surface area contributed by atoms with Gasteiger partial charge in [-0.25, -0.2) is 0 Å². The molecule has 0 aliphatic heterocycles. The summed E-state index contributed by atoms with van der Waals surface area (Å²) in [6.07, 6.45) is 16.5. The van der Waals surface area contributed by atoms with Gasteiger partial charge in [0.1, 0.15) is 5.78 Å². The van der Waals surface area contributed by atoms with Crippen molar-refractivity contribution in [3.05, 3.63) is 11.1 Å². The molecule has 3 fully saturated rings. The van der Waals surface area contributed by atoms with Gasteiger partial charge in [-0.15, -0.1) is 0 Å². The number of carbonyl (C=O) groups excluding carboxylic acids is 1. The highest BCUT2D eigenvalue weighted by atomic mass is 16.7. The summed E-state index contributed by atoms with van der Waals surface area (Å²) < 4.78 is 12.9. The fourth-order valence-corrected chi connectivity index (χ4v) is 7.92. The minimum Gasteiger partial charge on any atom is -0.353 e. The summed E-state index contributed by atoms with van der Waals surface area (Å²) in [6.45, 7) is 2.53. The molecule has 0 saturated heterocycles. The van der Waals surface area contributed by atoms with Gasteiger partial charge in [0.05, 0.1) is 6.10 Å². The van der Waals surface area contributed by atoms with Gasteiger partial charge in [0, 0.05) is 32.8 Å². The molecule has 0 heterocycles. The predicted molar refractivity (Wildman–Crippen MR) is 110 cm³/mol. The van der Waals surface area contributed by atoms with Crippen molar-refractivity contribution in [1.82, 2.24) is 0 Å². The Bertz CT molecular complexity index is 659. The lowest BCUT2D eigenvalue weighted by molar-refractivity contribution is -0.278. The van der Waals surface area contributed by atoms with Crippen molar-refractivity contribution >= 4 is 5.78 Å². The quantitative estimate of drug-likeness (QED) is 0.443. The van der Waals surface area contributed by atoms with E-state index in [-0.39, 0.29) is 5.79 Å². The molecule has 5 unspecified atom stereocenters. The third-order valence-corrected chi connectivity index (χ3v) is 9.46. The van der Waals surface area contributed by atoms with Gasteiger partial charge in [0.25, 0.3) is 0 Å². The maximum Gasteiger partial charge on any atom is 0.168 e. The Morgan fingerprint density at radius 2 is 1.75 bits per heavy atom. The lowest BCUT2D eigenvalue weighted by atomic mass is 9.54. The number of methoxy groups -OCH3 is 1. The summed E-state index contributed by atoms with van der Waals surface area (Å²) in [5, 5.41) is 0. The maximum absolute atomic E-state index is 11.9. The number of fused-ring (bicyclic) bond motifs is 4. The molecule has 5 atom stereocenters. The van der Waals surface area contributed by atoms with Crippen LogP contribution in [-0.4, -0.2) is 24.8 Å². The fraction of sp³-hybridized carbons (Fsp3) is 0.880. The smallest absolute Gasteiger partial charge is 0.168 e. The molecule has 3 saturated carbocycles. The van der Waals surface area contributed by atoms with E-state index in [0.717, 1.165) is 49.9 Å².